The van der Waals surface area contributed by atoms with Crippen LogP contribution in [0.3, 0.4) is 0 Å². The maximum atomic E-state index is 5.98. The normalized spacial score (nSPS) is 10.8. The lowest BCUT2D eigenvalue weighted by molar-refractivity contribution is 0.458. The number of hydrogen-bond acceptors (Lipinski definition) is 3. The molecule has 5 heteroatoms. The van der Waals surface area contributed by atoms with Gasteiger partial charge in [-0.1, -0.05) is 41.4 Å². The second-order valence-corrected chi connectivity index (χ2v) is 5.43. The Morgan fingerprint density at radius 2 is 1.71 bits per heavy atom. The number of fused-ring (bicyclic) bond motifs is 1. The molecule has 2 aromatic carbocycles. The zero-order valence-electron chi connectivity index (χ0n) is 11.0. The highest BCUT2D eigenvalue weighted by Gasteiger charge is 2.09. The van der Waals surface area contributed by atoms with Gasteiger partial charge >= 0.3 is 0 Å². The quantitative estimate of drug-likeness (QED) is 0.755. The summed E-state index contributed by atoms with van der Waals surface area (Å²) in [4.78, 5) is 4.51. The fraction of sp³-hybridized carbons (Fsp3) is 0.0625. The highest BCUT2D eigenvalue weighted by Crippen LogP contribution is 2.30. The van der Waals surface area contributed by atoms with Gasteiger partial charge in [0.05, 0.1) is 5.52 Å². The molecule has 3 nitrogen and oxygen atoms in total. The SMILES string of the molecule is NCc1cc2ccccc2nc1Oc1cc(Cl)cc(Cl)c1. The molecule has 3 aromatic rings. The maximum absolute atomic E-state index is 5.98. The van der Waals surface area contributed by atoms with Gasteiger partial charge in [0.25, 0.3) is 0 Å². The summed E-state index contributed by atoms with van der Waals surface area (Å²) in [5.41, 5.74) is 7.45. The van der Waals surface area contributed by atoms with Crippen LogP contribution >= 0.6 is 23.2 Å². The number of rotatable bonds is 3. The van der Waals surface area contributed by atoms with Crippen molar-refractivity contribution in [1.29, 1.82) is 0 Å². The van der Waals surface area contributed by atoms with Crippen molar-refractivity contribution >= 4 is 34.1 Å². The van der Waals surface area contributed by atoms with Gasteiger partial charge in [0, 0.05) is 27.5 Å². The molecule has 1 heterocycles. The Bertz CT molecular complexity index is 785. The third kappa shape index (κ3) is 3.10. The monoisotopic (exact) mass is 318 g/mol. The first-order chi connectivity index (χ1) is 10.2. The predicted molar refractivity (Wildman–Crippen MR) is 86.2 cm³/mol. The van der Waals surface area contributed by atoms with Gasteiger partial charge in [0.15, 0.2) is 0 Å². The zero-order valence-corrected chi connectivity index (χ0v) is 12.5. The van der Waals surface area contributed by atoms with Gasteiger partial charge in [-0.2, -0.15) is 0 Å². The van der Waals surface area contributed by atoms with Gasteiger partial charge in [-0.05, 0) is 30.3 Å². The van der Waals surface area contributed by atoms with Crippen LogP contribution in [-0.4, -0.2) is 4.98 Å². The van der Waals surface area contributed by atoms with Crippen LogP contribution in [0.4, 0.5) is 0 Å². The van der Waals surface area contributed by atoms with E-state index in [0.29, 0.717) is 28.2 Å². The number of nitrogens with zero attached hydrogens (tertiary/aromatic N) is 1. The molecule has 1 aromatic heterocycles. The van der Waals surface area contributed by atoms with Crippen molar-refractivity contribution in [2.45, 2.75) is 6.54 Å². The lowest BCUT2D eigenvalue weighted by Crippen LogP contribution is -2.01. The van der Waals surface area contributed by atoms with Crippen molar-refractivity contribution in [3.8, 4) is 11.6 Å². The Kier molecular flexibility index (Phi) is 3.97. The van der Waals surface area contributed by atoms with Crippen LogP contribution < -0.4 is 10.5 Å². The molecule has 0 aliphatic rings. The number of ether oxygens (including phenoxy) is 1. The van der Waals surface area contributed by atoms with Crippen molar-refractivity contribution in [2.75, 3.05) is 0 Å². The Labute approximate surface area is 132 Å². The molecule has 0 spiro atoms. The third-order valence-corrected chi connectivity index (χ3v) is 3.47. The lowest BCUT2D eigenvalue weighted by atomic mass is 10.1. The molecular formula is C16H12Cl2N2O. The number of halogens is 2. The van der Waals surface area contributed by atoms with E-state index in [0.717, 1.165) is 16.5 Å². The molecule has 0 aliphatic heterocycles. The van der Waals surface area contributed by atoms with Crippen molar-refractivity contribution in [1.82, 2.24) is 4.98 Å². The minimum Gasteiger partial charge on any atom is -0.439 e. The lowest BCUT2D eigenvalue weighted by Gasteiger charge is -2.11. The standard InChI is InChI=1S/C16H12Cl2N2O/c17-12-6-13(18)8-14(7-12)21-16-11(9-19)5-10-3-1-2-4-15(10)20-16/h1-8H,9,19H2. The van der Waals surface area contributed by atoms with Gasteiger partial charge in [0.2, 0.25) is 5.88 Å². The topological polar surface area (TPSA) is 48.1 Å². The Hall–Kier alpha value is -1.81. The van der Waals surface area contributed by atoms with Crippen molar-refractivity contribution in [2.24, 2.45) is 5.73 Å². The number of nitrogens with two attached hydrogens (primary N) is 1. The molecule has 0 saturated heterocycles. The first-order valence-corrected chi connectivity index (χ1v) is 7.14. The molecule has 0 atom stereocenters. The fourth-order valence-corrected chi connectivity index (χ4v) is 2.58. The summed E-state index contributed by atoms with van der Waals surface area (Å²) in [5.74, 6) is 1.000. The van der Waals surface area contributed by atoms with Crippen molar-refractivity contribution in [3.63, 3.8) is 0 Å². The van der Waals surface area contributed by atoms with E-state index in [4.69, 9.17) is 33.7 Å². The van der Waals surface area contributed by atoms with E-state index in [1.807, 2.05) is 30.3 Å². The summed E-state index contributed by atoms with van der Waals surface area (Å²) in [5, 5.41) is 2.04. The Balaban J connectivity index is 2.06. The van der Waals surface area contributed by atoms with Gasteiger partial charge in [0.1, 0.15) is 5.75 Å². The van der Waals surface area contributed by atoms with Gasteiger partial charge in [-0.15, -0.1) is 0 Å². The average molecular weight is 319 g/mol. The summed E-state index contributed by atoms with van der Waals surface area (Å²) in [7, 11) is 0. The highest BCUT2D eigenvalue weighted by atomic mass is 35.5. The van der Waals surface area contributed by atoms with Crippen LogP contribution in [0.25, 0.3) is 10.9 Å². The summed E-state index contributed by atoms with van der Waals surface area (Å²) in [6, 6.07) is 14.8. The fourth-order valence-electron chi connectivity index (χ4n) is 2.08. The number of pyridine rings is 1. The zero-order chi connectivity index (χ0) is 14.8. The van der Waals surface area contributed by atoms with E-state index in [-0.39, 0.29) is 0 Å². The molecular weight excluding hydrogens is 307 g/mol. The first kappa shape index (κ1) is 14.1. The minimum absolute atomic E-state index is 0.335. The van der Waals surface area contributed by atoms with Crippen molar-refractivity contribution < 1.29 is 4.74 Å². The summed E-state index contributed by atoms with van der Waals surface area (Å²) >= 11 is 12.0. The van der Waals surface area contributed by atoms with Gasteiger partial charge in [-0.25, -0.2) is 4.98 Å². The van der Waals surface area contributed by atoms with E-state index in [1.54, 1.807) is 18.2 Å². The molecule has 0 aliphatic carbocycles. The molecule has 0 fully saturated rings. The predicted octanol–water partition coefficient (Wildman–Crippen LogP) is 4.79. The molecule has 0 saturated carbocycles. The molecule has 0 radical (unpaired) electrons. The van der Waals surface area contributed by atoms with Crippen LogP contribution in [0.2, 0.25) is 10.0 Å². The van der Waals surface area contributed by atoms with Gasteiger partial charge < -0.3 is 10.5 Å². The van der Waals surface area contributed by atoms with Crippen LogP contribution in [0.5, 0.6) is 11.6 Å². The third-order valence-electron chi connectivity index (χ3n) is 3.03. The second-order valence-electron chi connectivity index (χ2n) is 4.56. The van der Waals surface area contributed by atoms with E-state index >= 15 is 0 Å². The summed E-state index contributed by atoms with van der Waals surface area (Å²) < 4.78 is 5.81. The van der Waals surface area contributed by atoms with Crippen LogP contribution in [0, 0.1) is 0 Å². The van der Waals surface area contributed by atoms with Crippen LogP contribution in [0.1, 0.15) is 5.56 Å². The van der Waals surface area contributed by atoms with Crippen LogP contribution in [-0.2, 0) is 6.54 Å². The number of benzene rings is 2. The Morgan fingerprint density at radius 3 is 2.43 bits per heavy atom. The molecule has 0 bridgehead atoms. The molecule has 0 amide bonds. The Morgan fingerprint density at radius 1 is 1.00 bits per heavy atom. The number of hydrogen-bond donors (Lipinski definition) is 1. The molecule has 2 N–H and O–H groups in total. The molecule has 21 heavy (non-hydrogen) atoms. The second kappa shape index (κ2) is 5.90. The summed E-state index contributed by atoms with van der Waals surface area (Å²) in [6.07, 6.45) is 0. The van der Waals surface area contributed by atoms with E-state index < -0.39 is 0 Å². The van der Waals surface area contributed by atoms with E-state index in [2.05, 4.69) is 4.98 Å². The number of aromatic nitrogens is 1. The van der Waals surface area contributed by atoms with Crippen molar-refractivity contribution in [3.05, 3.63) is 64.1 Å². The molecule has 106 valence electrons. The van der Waals surface area contributed by atoms with E-state index in [9.17, 15) is 0 Å². The average Bonchev–Trinajstić information content (AvgIpc) is 2.45. The maximum Gasteiger partial charge on any atom is 0.224 e. The highest BCUT2D eigenvalue weighted by molar-refractivity contribution is 6.34. The van der Waals surface area contributed by atoms with Crippen LogP contribution in [0.15, 0.2) is 48.5 Å². The summed E-state index contributed by atoms with van der Waals surface area (Å²) in [6.45, 7) is 0.335. The number of para-hydroxylation sites is 1. The minimum atomic E-state index is 0.335. The molecule has 0 unspecified atom stereocenters. The van der Waals surface area contributed by atoms with E-state index in [1.165, 1.54) is 0 Å². The largest absolute Gasteiger partial charge is 0.439 e. The van der Waals surface area contributed by atoms with Gasteiger partial charge in [-0.3, -0.25) is 0 Å². The first-order valence-electron chi connectivity index (χ1n) is 6.38. The molecule has 3 rings (SSSR count). The smallest absolute Gasteiger partial charge is 0.224 e.